The Hall–Kier alpha value is -2.21. The molecule has 2 aromatic rings. The predicted molar refractivity (Wildman–Crippen MR) is 87.4 cm³/mol. The van der Waals surface area contributed by atoms with E-state index in [1.165, 1.54) is 25.3 Å². The van der Waals surface area contributed by atoms with Crippen LogP contribution in [0.1, 0.15) is 28.4 Å². The van der Waals surface area contributed by atoms with Crippen LogP contribution in [-0.4, -0.2) is 19.0 Å². The molecule has 1 N–H and O–H groups in total. The zero-order valence-corrected chi connectivity index (χ0v) is 14.0. The molecule has 0 saturated carbocycles. The quantitative estimate of drug-likeness (QED) is 0.807. The standard InChI is InChI=1S/C17H15BrFNO3/c1-23-16(21)10-15(11-5-7-13(18)8-6-11)20-17(22)12-3-2-4-14(19)9-12/h2-9,15H,10H2,1H3,(H,20,22). The van der Waals surface area contributed by atoms with Crippen LogP contribution in [0.2, 0.25) is 0 Å². The first-order valence-corrected chi connectivity index (χ1v) is 7.67. The number of ether oxygens (including phenoxy) is 1. The smallest absolute Gasteiger partial charge is 0.307 e. The summed E-state index contributed by atoms with van der Waals surface area (Å²) in [7, 11) is 1.29. The summed E-state index contributed by atoms with van der Waals surface area (Å²) in [5, 5.41) is 2.74. The Balaban J connectivity index is 2.21. The molecular weight excluding hydrogens is 365 g/mol. The number of amides is 1. The fourth-order valence-electron chi connectivity index (χ4n) is 2.07. The molecule has 120 valence electrons. The van der Waals surface area contributed by atoms with Crippen molar-refractivity contribution < 1.29 is 18.7 Å². The van der Waals surface area contributed by atoms with Gasteiger partial charge in [0.05, 0.1) is 19.6 Å². The number of nitrogens with one attached hydrogen (secondary N) is 1. The van der Waals surface area contributed by atoms with Gasteiger partial charge in [0.2, 0.25) is 0 Å². The Labute approximate surface area is 141 Å². The van der Waals surface area contributed by atoms with Gasteiger partial charge >= 0.3 is 5.97 Å². The maximum Gasteiger partial charge on any atom is 0.307 e. The summed E-state index contributed by atoms with van der Waals surface area (Å²) in [5.74, 6) is -1.40. The number of rotatable bonds is 5. The van der Waals surface area contributed by atoms with Crippen LogP contribution in [0.25, 0.3) is 0 Å². The lowest BCUT2D eigenvalue weighted by molar-refractivity contribution is -0.141. The molecule has 0 radical (unpaired) electrons. The molecule has 4 nitrogen and oxygen atoms in total. The number of carbonyl (C=O) groups excluding carboxylic acids is 2. The molecule has 0 heterocycles. The van der Waals surface area contributed by atoms with E-state index < -0.39 is 23.7 Å². The molecule has 1 amide bonds. The molecule has 0 saturated heterocycles. The van der Waals surface area contributed by atoms with Gasteiger partial charge in [-0.25, -0.2) is 4.39 Å². The van der Waals surface area contributed by atoms with Crippen molar-refractivity contribution in [1.82, 2.24) is 5.32 Å². The summed E-state index contributed by atoms with van der Waals surface area (Å²) in [6.45, 7) is 0. The molecule has 0 spiro atoms. The van der Waals surface area contributed by atoms with Crippen LogP contribution in [0.3, 0.4) is 0 Å². The lowest BCUT2D eigenvalue weighted by Gasteiger charge is -2.18. The lowest BCUT2D eigenvalue weighted by atomic mass is 10.0. The number of halogens is 2. The average Bonchev–Trinajstić information content (AvgIpc) is 2.54. The van der Waals surface area contributed by atoms with Crippen molar-refractivity contribution in [3.05, 3.63) is 69.9 Å². The van der Waals surface area contributed by atoms with Gasteiger partial charge < -0.3 is 10.1 Å². The first-order valence-electron chi connectivity index (χ1n) is 6.88. The first-order chi connectivity index (χ1) is 11.0. The highest BCUT2D eigenvalue weighted by Crippen LogP contribution is 2.21. The molecule has 2 rings (SSSR count). The Bertz CT molecular complexity index is 703. The Morgan fingerprint density at radius 3 is 2.52 bits per heavy atom. The van der Waals surface area contributed by atoms with Gasteiger partial charge in [-0.3, -0.25) is 9.59 Å². The van der Waals surface area contributed by atoms with E-state index >= 15 is 0 Å². The van der Waals surface area contributed by atoms with Crippen molar-refractivity contribution in [3.63, 3.8) is 0 Å². The van der Waals surface area contributed by atoms with Gasteiger partial charge in [0, 0.05) is 10.0 Å². The fourth-order valence-corrected chi connectivity index (χ4v) is 2.33. The van der Waals surface area contributed by atoms with Crippen molar-refractivity contribution in [3.8, 4) is 0 Å². The Kier molecular flexibility index (Phi) is 5.87. The topological polar surface area (TPSA) is 55.4 Å². The number of esters is 1. The lowest BCUT2D eigenvalue weighted by Crippen LogP contribution is -2.30. The van der Waals surface area contributed by atoms with Crippen molar-refractivity contribution in [2.24, 2.45) is 0 Å². The van der Waals surface area contributed by atoms with E-state index in [-0.39, 0.29) is 12.0 Å². The van der Waals surface area contributed by atoms with Gasteiger partial charge in [-0.05, 0) is 35.9 Å². The normalized spacial score (nSPS) is 11.6. The van der Waals surface area contributed by atoms with Crippen molar-refractivity contribution in [1.29, 1.82) is 0 Å². The predicted octanol–water partition coefficient (Wildman–Crippen LogP) is 3.62. The summed E-state index contributed by atoms with van der Waals surface area (Å²) in [6, 6.07) is 12.0. The van der Waals surface area contributed by atoms with Gasteiger partial charge in [0.15, 0.2) is 0 Å². The number of benzene rings is 2. The second-order valence-corrected chi connectivity index (χ2v) is 5.78. The largest absolute Gasteiger partial charge is 0.469 e. The van der Waals surface area contributed by atoms with Crippen LogP contribution in [-0.2, 0) is 9.53 Å². The second-order valence-electron chi connectivity index (χ2n) is 4.87. The monoisotopic (exact) mass is 379 g/mol. The number of hydrogen-bond donors (Lipinski definition) is 1. The molecule has 6 heteroatoms. The molecule has 0 aliphatic heterocycles. The molecule has 1 atom stereocenters. The zero-order valence-electron chi connectivity index (χ0n) is 12.4. The van der Waals surface area contributed by atoms with Crippen LogP contribution in [0, 0.1) is 5.82 Å². The second kappa shape index (κ2) is 7.87. The molecule has 1 unspecified atom stereocenters. The first kappa shape index (κ1) is 17.1. The van der Waals surface area contributed by atoms with Gasteiger partial charge in [0.25, 0.3) is 5.91 Å². The maximum atomic E-state index is 13.2. The van der Waals surface area contributed by atoms with Gasteiger partial charge in [-0.1, -0.05) is 34.1 Å². The minimum absolute atomic E-state index is 0.0147. The number of hydrogen-bond acceptors (Lipinski definition) is 3. The number of carbonyl (C=O) groups is 2. The molecule has 23 heavy (non-hydrogen) atoms. The van der Waals surface area contributed by atoms with Crippen LogP contribution >= 0.6 is 15.9 Å². The van der Waals surface area contributed by atoms with E-state index in [2.05, 4.69) is 26.0 Å². The van der Waals surface area contributed by atoms with E-state index in [1.54, 1.807) is 12.1 Å². The van der Waals surface area contributed by atoms with Crippen LogP contribution in [0.4, 0.5) is 4.39 Å². The third kappa shape index (κ3) is 4.89. The van der Waals surface area contributed by atoms with Crippen LogP contribution < -0.4 is 5.32 Å². The summed E-state index contributed by atoms with van der Waals surface area (Å²) in [5.41, 5.74) is 0.945. The molecule has 0 aromatic heterocycles. The van der Waals surface area contributed by atoms with E-state index in [4.69, 9.17) is 0 Å². The molecule has 0 fully saturated rings. The van der Waals surface area contributed by atoms with Gasteiger partial charge in [-0.15, -0.1) is 0 Å². The van der Waals surface area contributed by atoms with Crippen LogP contribution in [0.15, 0.2) is 53.0 Å². The van der Waals surface area contributed by atoms with Gasteiger partial charge in [0.1, 0.15) is 5.82 Å². The summed E-state index contributed by atoms with van der Waals surface area (Å²) in [6.07, 6.45) is -0.0147. The van der Waals surface area contributed by atoms with E-state index in [0.29, 0.717) is 0 Å². The van der Waals surface area contributed by atoms with Crippen molar-refractivity contribution >= 4 is 27.8 Å². The average molecular weight is 380 g/mol. The minimum Gasteiger partial charge on any atom is -0.469 e. The Morgan fingerprint density at radius 2 is 1.91 bits per heavy atom. The van der Waals surface area contributed by atoms with Gasteiger partial charge in [-0.2, -0.15) is 0 Å². The molecular formula is C17H15BrFNO3. The minimum atomic E-state index is -0.564. The maximum absolute atomic E-state index is 13.2. The SMILES string of the molecule is COC(=O)CC(NC(=O)c1cccc(F)c1)c1ccc(Br)cc1. The van der Waals surface area contributed by atoms with E-state index in [1.807, 2.05) is 12.1 Å². The zero-order chi connectivity index (χ0) is 16.8. The molecule has 2 aromatic carbocycles. The van der Waals surface area contributed by atoms with E-state index in [9.17, 15) is 14.0 Å². The Morgan fingerprint density at radius 1 is 1.22 bits per heavy atom. The number of methoxy groups -OCH3 is 1. The highest BCUT2D eigenvalue weighted by molar-refractivity contribution is 9.10. The van der Waals surface area contributed by atoms with Crippen molar-refractivity contribution in [2.75, 3.05) is 7.11 Å². The summed E-state index contributed by atoms with van der Waals surface area (Å²) in [4.78, 5) is 23.9. The van der Waals surface area contributed by atoms with Crippen molar-refractivity contribution in [2.45, 2.75) is 12.5 Å². The highest BCUT2D eigenvalue weighted by atomic mass is 79.9. The molecule has 0 bridgehead atoms. The summed E-state index contributed by atoms with van der Waals surface area (Å²) < 4.78 is 18.8. The third-order valence-corrected chi connectivity index (χ3v) is 3.79. The third-order valence-electron chi connectivity index (χ3n) is 3.26. The fraction of sp³-hybridized carbons (Fsp3) is 0.176. The molecule has 0 aliphatic carbocycles. The molecule has 0 aliphatic rings. The summed E-state index contributed by atoms with van der Waals surface area (Å²) >= 11 is 3.33. The highest BCUT2D eigenvalue weighted by Gasteiger charge is 2.20. The van der Waals surface area contributed by atoms with E-state index in [0.717, 1.165) is 16.1 Å². The van der Waals surface area contributed by atoms with Crippen LogP contribution in [0.5, 0.6) is 0 Å².